The van der Waals surface area contributed by atoms with Crippen molar-refractivity contribution in [2.24, 2.45) is 5.92 Å². The SMILES string of the molecule is CNCC(Cc1cccc(Cl)c1)Cc1sccc1Br. The maximum Gasteiger partial charge on any atom is 0.0408 e. The van der Waals surface area contributed by atoms with Crippen LogP contribution in [0.3, 0.4) is 0 Å². The zero-order chi connectivity index (χ0) is 13.7. The van der Waals surface area contributed by atoms with E-state index >= 15 is 0 Å². The number of hydrogen-bond acceptors (Lipinski definition) is 2. The van der Waals surface area contributed by atoms with E-state index in [1.54, 1.807) is 0 Å². The first kappa shape index (κ1) is 15.0. The first-order valence-corrected chi connectivity index (χ1v) is 8.35. The second-order valence-electron chi connectivity index (χ2n) is 4.65. The molecule has 0 radical (unpaired) electrons. The van der Waals surface area contributed by atoms with Gasteiger partial charge < -0.3 is 5.32 Å². The van der Waals surface area contributed by atoms with E-state index in [4.69, 9.17) is 11.6 Å². The highest BCUT2D eigenvalue weighted by Gasteiger charge is 2.13. The van der Waals surface area contributed by atoms with Crippen molar-refractivity contribution in [1.29, 1.82) is 0 Å². The normalized spacial score (nSPS) is 12.6. The van der Waals surface area contributed by atoms with Gasteiger partial charge in [-0.2, -0.15) is 0 Å². The molecule has 2 rings (SSSR count). The van der Waals surface area contributed by atoms with Crippen LogP contribution in [-0.4, -0.2) is 13.6 Å². The molecular formula is C15H17BrClNS. The summed E-state index contributed by atoms with van der Waals surface area (Å²) in [5, 5.41) is 6.24. The Bertz CT molecular complexity index is 526. The number of nitrogens with one attached hydrogen (secondary N) is 1. The Balaban J connectivity index is 2.06. The van der Waals surface area contributed by atoms with Gasteiger partial charge in [-0.25, -0.2) is 0 Å². The maximum absolute atomic E-state index is 6.05. The van der Waals surface area contributed by atoms with Crippen molar-refractivity contribution < 1.29 is 0 Å². The van der Waals surface area contributed by atoms with Crippen LogP contribution in [0.15, 0.2) is 40.2 Å². The van der Waals surface area contributed by atoms with Crippen molar-refractivity contribution in [2.45, 2.75) is 12.8 Å². The highest BCUT2D eigenvalue weighted by molar-refractivity contribution is 9.10. The van der Waals surface area contributed by atoms with Crippen LogP contribution >= 0.6 is 38.9 Å². The van der Waals surface area contributed by atoms with Gasteiger partial charge in [0.1, 0.15) is 0 Å². The molecular weight excluding hydrogens is 342 g/mol. The minimum Gasteiger partial charge on any atom is -0.319 e. The number of halogens is 2. The van der Waals surface area contributed by atoms with Crippen molar-refractivity contribution in [3.05, 3.63) is 55.6 Å². The summed E-state index contributed by atoms with van der Waals surface area (Å²) in [5.41, 5.74) is 1.31. The molecule has 102 valence electrons. The summed E-state index contributed by atoms with van der Waals surface area (Å²) in [5.74, 6) is 0.582. The molecule has 1 aromatic heterocycles. The molecule has 0 amide bonds. The minimum atomic E-state index is 0.582. The van der Waals surface area contributed by atoms with Crippen LogP contribution in [-0.2, 0) is 12.8 Å². The highest BCUT2D eigenvalue weighted by atomic mass is 79.9. The molecule has 0 bridgehead atoms. The van der Waals surface area contributed by atoms with Gasteiger partial charge >= 0.3 is 0 Å². The van der Waals surface area contributed by atoms with Crippen molar-refractivity contribution in [2.75, 3.05) is 13.6 Å². The van der Waals surface area contributed by atoms with Gasteiger partial charge in [0.05, 0.1) is 0 Å². The van der Waals surface area contributed by atoms with Gasteiger partial charge in [0.15, 0.2) is 0 Å². The molecule has 0 saturated heterocycles. The largest absolute Gasteiger partial charge is 0.319 e. The van der Waals surface area contributed by atoms with E-state index < -0.39 is 0 Å². The third kappa shape index (κ3) is 4.60. The second kappa shape index (κ2) is 7.44. The third-order valence-corrected chi connectivity index (χ3v) is 5.26. The van der Waals surface area contributed by atoms with E-state index in [1.165, 1.54) is 14.9 Å². The fourth-order valence-corrected chi connectivity index (χ4v) is 4.08. The molecule has 0 fully saturated rings. The Hall–Kier alpha value is -0.350. The minimum absolute atomic E-state index is 0.582. The van der Waals surface area contributed by atoms with Crippen molar-refractivity contribution in [1.82, 2.24) is 5.32 Å². The molecule has 1 unspecified atom stereocenters. The molecule has 1 N–H and O–H groups in total. The number of rotatable bonds is 6. The quantitative estimate of drug-likeness (QED) is 0.783. The van der Waals surface area contributed by atoms with Crippen LogP contribution in [0.25, 0.3) is 0 Å². The van der Waals surface area contributed by atoms with Crippen molar-refractivity contribution in [3.63, 3.8) is 0 Å². The number of hydrogen-bond donors (Lipinski definition) is 1. The summed E-state index contributed by atoms with van der Waals surface area (Å²) in [4.78, 5) is 1.42. The average molecular weight is 359 g/mol. The summed E-state index contributed by atoms with van der Waals surface area (Å²) in [7, 11) is 2.01. The van der Waals surface area contributed by atoms with Gasteiger partial charge in [-0.1, -0.05) is 23.7 Å². The molecule has 0 spiro atoms. The number of benzene rings is 1. The predicted molar refractivity (Wildman–Crippen MR) is 88.3 cm³/mol. The first-order chi connectivity index (χ1) is 9.19. The molecule has 2 aromatic rings. The summed E-state index contributed by atoms with van der Waals surface area (Å²) in [6, 6.07) is 10.3. The molecule has 0 aliphatic rings. The monoisotopic (exact) mass is 357 g/mol. The maximum atomic E-state index is 6.05. The van der Waals surface area contributed by atoms with E-state index in [0.29, 0.717) is 5.92 Å². The summed E-state index contributed by atoms with van der Waals surface area (Å²) in [6.45, 7) is 1.01. The Morgan fingerprint density at radius 2 is 2.16 bits per heavy atom. The molecule has 4 heteroatoms. The summed E-state index contributed by atoms with van der Waals surface area (Å²) in [6.07, 6.45) is 2.14. The number of thiophene rings is 1. The zero-order valence-electron chi connectivity index (χ0n) is 10.8. The fourth-order valence-electron chi connectivity index (χ4n) is 2.24. The molecule has 1 heterocycles. The zero-order valence-corrected chi connectivity index (χ0v) is 14.0. The molecule has 0 aliphatic carbocycles. The Morgan fingerprint density at radius 1 is 1.32 bits per heavy atom. The van der Waals surface area contributed by atoms with E-state index in [0.717, 1.165) is 24.4 Å². The molecule has 1 aromatic carbocycles. The lowest BCUT2D eigenvalue weighted by molar-refractivity contribution is 0.496. The predicted octanol–water partition coefficient (Wildman–Crippen LogP) is 4.78. The van der Waals surface area contributed by atoms with Crippen LogP contribution in [0.2, 0.25) is 5.02 Å². The van der Waals surface area contributed by atoms with Crippen molar-refractivity contribution in [3.8, 4) is 0 Å². The van der Waals surface area contributed by atoms with Gasteiger partial charge in [-0.3, -0.25) is 0 Å². The smallest absolute Gasteiger partial charge is 0.0408 e. The van der Waals surface area contributed by atoms with Crippen LogP contribution in [0.5, 0.6) is 0 Å². The van der Waals surface area contributed by atoms with Gasteiger partial charge in [0.25, 0.3) is 0 Å². The standard InChI is InChI=1S/C15H17BrClNS/c1-18-10-12(9-15-14(16)5-6-19-15)7-11-3-2-4-13(17)8-11/h2-6,8,12,18H,7,9-10H2,1H3. The van der Waals surface area contributed by atoms with E-state index in [2.05, 4.69) is 44.8 Å². The van der Waals surface area contributed by atoms with Crippen LogP contribution in [0.1, 0.15) is 10.4 Å². The van der Waals surface area contributed by atoms with Gasteiger partial charge in [-0.05, 0) is 77.4 Å². The lowest BCUT2D eigenvalue weighted by Gasteiger charge is -2.16. The van der Waals surface area contributed by atoms with Gasteiger partial charge in [-0.15, -0.1) is 11.3 Å². The Kier molecular flexibility index (Phi) is 5.89. The highest BCUT2D eigenvalue weighted by Crippen LogP contribution is 2.27. The van der Waals surface area contributed by atoms with Crippen molar-refractivity contribution >= 4 is 38.9 Å². The second-order valence-corrected chi connectivity index (χ2v) is 6.95. The fraction of sp³-hybridized carbons (Fsp3) is 0.333. The molecule has 1 nitrogen and oxygen atoms in total. The Labute approximate surface area is 132 Å². The summed E-state index contributed by atoms with van der Waals surface area (Å²) >= 11 is 11.5. The Morgan fingerprint density at radius 3 is 2.79 bits per heavy atom. The molecule has 19 heavy (non-hydrogen) atoms. The van der Waals surface area contributed by atoms with Crippen LogP contribution in [0.4, 0.5) is 0 Å². The van der Waals surface area contributed by atoms with Gasteiger partial charge in [0.2, 0.25) is 0 Å². The summed E-state index contributed by atoms with van der Waals surface area (Å²) < 4.78 is 1.23. The molecule has 0 saturated carbocycles. The average Bonchev–Trinajstić information content (AvgIpc) is 2.75. The lowest BCUT2D eigenvalue weighted by Crippen LogP contribution is -2.22. The van der Waals surface area contributed by atoms with Gasteiger partial charge in [0, 0.05) is 14.4 Å². The van der Waals surface area contributed by atoms with Crippen LogP contribution < -0.4 is 5.32 Å². The first-order valence-electron chi connectivity index (χ1n) is 6.30. The third-order valence-electron chi connectivity index (χ3n) is 3.07. The molecule has 1 atom stereocenters. The molecule has 0 aliphatic heterocycles. The van der Waals surface area contributed by atoms with Crippen LogP contribution in [0, 0.1) is 5.92 Å². The van der Waals surface area contributed by atoms with E-state index in [9.17, 15) is 0 Å². The lowest BCUT2D eigenvalue weighted by atomic mass is 9.95. The van der Waals surface area contributed by atoms with E-state index in [1.807, 2.05) is 30.5 Å². The topological polar surface area (TPSA) is 12.0 Å². The van der Waals surface area contributed by atoms with E-state index in [-0.39, 0.29) is 0 Å².